The third-order valence-electron chi connectivity index (χ3n) is 4.65. The molecule has 0 bridgehead atoms. The minimum absolute atomic E-state index is 0.158. The molecule has 0 saturated heterocycles. The van der Waals surface area contributed by atoms with Crippen molar-refractivity contribution in [2.24, 2.45) is 4.99 Å². The summed E-state index contributed by atoms with van der Waals surface area (Å²) in [6.07, 6.45) is 3.77. The van der Waals surface area contributed by atoms with E-state index < -0.39 is 0 Å². The van der Waals surface area contributed by atoms with Gasteiger partial charge < -0.3 is 5.11 Å². The lowest BCUT2D eigenvalue weighted by atomic mass is 10.1. The normalized spacial score (nSPS) is 14.1. The zero-order valence-corrected chi connectivity index (χ0v) is 15.8. The summed E-state index contributed by atoms with van der Waals surface area (Å²) in [7, 11) is 0. The van der Waals surface area contributed by atoms with Crippen LogP contribution in [0.15, 0.2) is 71.7 Å². The highest BCUT2D eigenvalue weighted by Crippen LogP contribution is 2.37. The highest BCUT2D eigenvalue weighted by molar-refractivity contribution is 7.73. The number of aromatic hydroxyl groups is 1. The molecule has 0 fully saturated rings. The monoisotopic (exact) mass is 386 g/mol. The SMILES string of the molecule is Oc1c(/C=C2\C=Nc3ccccc32)sc(=S)n1-c1ccc2ccccc2c1. The van der Waals surface area contributed by atoms with E-state index in [9.17, 15) is 5.11 Å². The number of aliphatic imine (C=N–C) groups is 1. The second-order valence-corrected chi connectivity index (χ2v) is 7.97. The minimum Gasteiger partial charge on any atom is -0.493 e. The number of nitrogens with zero attached hydrogens (tertiary/aromatic N) is 2. The first-order chi connectivity index (χ1) is 13.2. The van der Waals surface area contributed by atoms with Gasteiger partial charge >= 0.3 is 0 Å². The topological polar surface area (TPSA) is 37.5 Å². The summed E-state index contributed by atoms with van der Waals surface area (Å²) < 4.78 is 2.33. The maximum absolute atomic E-state index is 10.9. The van der Waals surface area contributed by atoms with Crippen LogP contribution in [0.1, 0.15) is 10.4 Å². The summed E-state index contributed by atoms with van der Waals surface area (Å²) in [5.74, 6) is 0.158. The number of hydrogen-bond acceptors (Lipinski definition) is 4. The van der Waals surface area contributed by atoms with Crippen molar-refractivity contribution >= 4 is 57.9 Å². The second-order valence-electron chi connectivity index (χ2n) is 6.30. The quantitative estimate of drug-likeness (QED) is 0.406. The Bertz CT molecular complexity index is 1310. The molecule has 0 unspecified atom stereocenters. The molecule has 4 aromatic rings. The van der Waals surface area contributed by atoms with Crippen LogP contribution in [0.3, 0.4) is 0 Å². The Morgan fingerprint density at radius 2 is 1.74 bits per heavy atom. The predicted molar refractivity (Wildman–Crippen MR) is 116 cm³/mol. The molecule has 1 N–H and O–H groups in total. The van der Waals surface area contributed by atoms with Crippen LogP contribution in [0.4, 0.5) is 5.69 Å². The van der Waals surface area contributed by atoms with Crippen molar-refractivity contribution in [1.82, 2.24) is 4.57 Å². The number of benzene rings is 3. The molecular formula is C22H14N2OS2. The Hall–Kier alpha value is -3.02. The third-order valence-corrected chi connectivity index (χ3v) is 5.96. The van der Waals surface area contributed by atoms with Crippen LogP contribution in [-0.2, 0) is 0 Å². The van der Waals surface area contributed by atoms with E-state index in [-0.39, 0.29) is 5.88 Å². The van der Waals surface area contributed by atoms with Crippen LogP contribution in [0.5, 0.6) is 5.88 Å². The standard InChI is InChI=1S/C22H14N2OS2/c25-21-20(12-16-13-23-19-8-4-3-7-18(16)19)27-22(26)24(21)17-10-9-14-5-1-2-6-15(14)11-17/h1-13,25H/b16-12+. The van der Waals surface area contributed by atoms with Crippen molar-refractivity contribution in [1.29, 1.82) is 0 Å². The van der Waals surface area contributed by atoms with Crippen LogP contribution in [0, 0.1) is 3.95 Å². The zero-order chi connectivity index (χ0) is 18.4. The van der Waals surface area contributed by atoms with Gasteiger partial charge in [0, 0.05) is 17.4 Å². The molecular weight excluding hydrogens is 372 g/mol. The van der Waals surface area contributed by atoms with E-state index in [1.807, 2.05) is 66.9 Å². The van der Waals surface area contributed by atoms with Gasteiger partial charge in [-0.25, -0.2) is 0 Å². The Morgan fingerprint density at radius 1 is 0.963 bits per heavy atom. The lowest BCUT2D eigenvalue weighted by Crippen LogP contribution is -1.93. The van der Waals surface area contributed by atoms with Crippen LogP contribution < -0.4 is 0 Å². The fourth-order valence-corrected chi connectivity index (χ4v) is 4.62. The average Bonchev–Trinajstić information content (AvgIpc) is 3.22. The number of hydrogen-bond donors (Lipinski definition) is 1. The van der Waals surface area contributed by atoms with Gasteiger partial charge in [0.25, 0.3) is 0 Å². The first kappa shape index (κ1) is 16.2. The fraction of sp³-hybridized carbons (Fsp3) is 0. The predicted octanol–water partition coefficient (Wildman–Crippen LogP) is 6.38. The molecule has 0 spiro atoms. The molecule has 0 atom stereocenters. The Kier molecular flexibility index (Phi) is 3.77. The van der Waals surface area contributed by atoms with E-state index in [4.69, 9.17) is 12.2 Å². The third kappa shape index (κ3) is 2.72. The Labute approximate surface area is 165 Å². The van der Waals surface area contributed by atoms with Gasteiger partial charge in [-0.15, -0.1) is 11.3 Å². The van der Waals surface area contributed by atoms with E-state index in [0.717, 1.165) is 38.2 Å². The first-order valence-corrected chi connectivity index (χ1v) is 9.72. The summed E-state index contributed by atoms with van der Waals surface area (Å²) >= 11 is 6.93. The van der Waals surface area contributed by atoms with E-state index >= 15 is 0 Å². The van der Waals surface area contributed by atoms with E-state index in [1.165, 1.54) is 11.3 Å². The molecule has 3 nitrogen and oxygen atoms in total. The smallest absolute Gasteiger partial charge is 0.215 e. The lowest BCUT2D eigenvalue weighted by Gasteiger charge is -2.06. The van der Waals surface area contributed by atoms with E-state index in [0.29, 0.717) is 3.95 Å². The summed E-state index contributed by atoms with van der Waals surface area (Å²) in [6.45, 7) is 0. The molecule has 0 amide bonds. The molecule has 5 heteroatoms. The Morgan fingerprint density at radius 3 is 2.63 bits per heavy atom. The van der Waals surface area contributed by atoms with Gasteiger partial charge in [-0.1, -0.05) is 48.5 Å². The van der Waals surface area contributed by atoms with Gasteiger partial charge in [-0.05, 0) is 47.3 Å². The molecule has 27 heavy (non-hydrogen) atoms. The number of thiazole rings is 1. The van der Waals surface area contributed by atoms with Crippen LogP contribution >= 0.6 is 23.6 Å². The van der Waals surface area contributed by atoms with Crippen LogP contribution in [-0.4, -0.2) is 15.9 Å². The fourth-order valence-electron chi connectivity index (χ4n) is 3.31. The molecule has 5 rings (SSSR count). The molecule has 3 aromatic carbocycles. The van der Waals surface area contributed by atoms with Crippen LogP contribution in [0.25, 0.3) is 28.1 Å². The molecule has 0 aliphatic carbocycles. The number of para-hydroxylation sites is 1. The van der Waals surface area contributed by atoms with Crippen LogP contribution in [0.2, 0.25) is 0 Å². The van der Waals surface area contributed by atoms with Gasteiger partial charge in [0.15, 0.2) is 3.95 Å². The summed E-state index contributed by atoms with van der Waals surface area (Å²) in [5, 5.41) is 13.1. The van der Waals surface area contributed by atoms with Crippen molar-refractivity contribution in [2.75, 3.05) is 0 Å². The number of rotatable bonds is 2. The molecule has 1 aromatic heterocycles. The number of allylic oxidation sites excluding steroid dienone is 1. The molecule has 2 heterocycles. The van der Waals surface area contributed by atoms with Gasteiger partial charge in [0.2, 0.25) is 5.88 Å². The maximum Gasteiger partial charge on any atom is 0.215 e. The number of aromatic nitrogens is 1. The summed E-state index contributed by atoms with van der Waals surface area (Å²) in [5.41, 5.74) is 3.84. The van der Waals surface area contributed by atoms with Crippen molar-refractivity contribution in [3.05, 3.63) is 81.1 Å². The molecule has 0 saturated carbocycles. The molecule has 1 aliphatic rings. The van der Waals surface area contributed by atoms with E-state index in [1.54, 1.807) is 4.57 Å². The molecule has 1 aliphatic heterocycles. The second kappa shape index (κ2) is 6.30. The highest BCUT2D eigenvalue weighted by atomic mass is 32.1. The minimum atomic E-state index is 0.158. The summed E-state index contributed by atoms with van der Waals surface area (Å²) in [4.78, 5) is 5.15. The highest BCUT2D eigenvalue weighted by Gasteiger charge is 2.16. The van der Waals surface area contributed by atoms with Crippen molar-refractivity contribution in [3.8, 4) is 11.6 Å². The maximum atomic E-state index is 10.9. The molecule has 130 valence electrons. The largest absolute Gasteiger partial charge is 0.493 e. The van der Waals surface area contributed by atoms with Gasteiger partial charge in [-0.3, -0.25) is 9.56 Å². The van der Waals surface area contributed by atoms with E-state index in [2.05, 4.69) is 17.1 Å². The van der Waals surface area contributed by atoms with Gasteiger partial charge in [0.1, 0.15) is 0 Å². The Balaban J connectivity index is 1.63. The first-order valence-electron chi connectivity index (χ1n) is 8.50. The van der Waals surface area contributed by atoms with Gasteiger partial charge in [0.05, 0.1) is 16.3 Å². The van der Waals surface area contributed by atoms with Gasteiger partial charge in [-0.2, -0.15) is 0 Å². The number of fused-ring (bicyclic) bond motifs is 2. The van der Waals surface area contributed by atoms with Crippen molar-refractivity contribution in [2.45, 2.75) is 0 Å². The summed E-state index contributed by atoms with van der Waals surface area (Å²) in [6, 6.07) is 22.2. The molecule has 0 radical (unpaired) electrons. The average molecular weight is 387 g/mol. The lowest BCUT2D eigenvalue weighted by molar-refractivity contribution is 0.441. The van der Waals surface area contributed by atoms with Crippen molar-refractivity contribution < 1.29 is 5.11 Å². The van der Waals surface area contributed by atoms with Crippen molar-refractivity contribution in [3.63, 3.8) is 0 Å². The zero-order valence-electron chi connectivity index (χ0n) is 14.2.